The first kappa shape index (κ1) is 21.8. The summed E-state index contributed by atoms with van der Waals surface area (Å²) in [4.78, 5) is 5.17. The Bertz CT molecular complexity index is 1140. The fraction of sp³-hybridized carbons (Fsp3) is 0.360. The van der Waals surface area contributed by atoms with Gasteiger partial charge in [-0.25, -0.2) is 13.1 Å². The van der Waals surface area contributed by atoms with E-state index in [9.17, 15) is 8.42 Å². The van der Waals surface area contributed by atoms with Gasteiger partial charge in [0.1, 0.15) is 0 Å². The number of nitrogens with one attached hydrogen (secondary N) is 1. The van der Waals surface area contributed by atoms with E-state index in [4.69, 9.17) is 0 Å². The molecule has 4 rings (SSSR count). The van der Waals surface area contributed by atoms with Gasteiger partial charge in [0.25, 0.3) is 0 Å². The number of piperazine rings is 1. The molecule has 1 unspecified atom stereocenters. The molecule has 1 saturated heterocycles. The molecule has 0 aromatic heterocycles. The summed E-state index contributed by atoms with van der Waals surface area (Å²) in [6.45, 7) is 8.96. The molecule has 31 heavy (non-hydrogen) atoms. The minimum Gasteiger partial charge on any atom is -0.369 e. The first-order valence-corrected chi connectivity index (χ1v) is 12.4. The van der Waals surface area contributed by atoms with Crippen molar-refractivity contribution in [1.29, 1.82) is 0 Å². The van der Waals surface area contributed by atoms with Crippen molar-refractivity contribution in [3.8, 4) is 0 Å². The number of sulfonamides is 1. The monoisotopic (exact) mass is 437 g/mol. The van der Waals surface area contributed by atoms with E-state index in [1.54, 1.807) is 12.1 Å². The summed E-state index contributed by atoms with van der Waals surface area (Å²) in [6, 6.07) is 21.6. The van der Waals surface area contributed by atoms with Gasteiger partial charge >= 0.3 is 0 Å². The van der Waals surface area contributed by atoms with Crippen LogP contribution in [0.25, 0.3) is 10.8 Å². The molecule has 3 aromatic rings. The van der Waals surface area contributed by atoms with Crippen LogP contribution in [0.5, 0.6) is 0 Å². The van der Waals surface area contributed by atoms with E-state index in [0.29, 0.717) is 4.90 Å². The standard InChI is InChI=1S/C25H31N3O2S/c1-20-6-5-9-24(18-20)28-16-14-27(15-17-28)13-12-21(2)26-31(29,30)25-11-10-22-7-3-4-8-23(22)19-25/h3-11,18-19,21,26H,12-17H2,1-2H3. The Balaban J connectivity index is 1.28. The Kier molecular flexibility index (Phi) is 6.60. The number of fused-ring (bicyclic) bond motifs is 1. The predicted molar refractivity (Wildman–Crippen MR) is 128 cm³/mol. The van der Waals surface area contributed by atoms with Gasteiger partial charge in [0.05, 0.1) is 4.90 Å². The van der Waals surface area contributed by atoms with Crippen LogP contribution in [0.3, 0.4) is 0 Å². The van der Waals surface area contributed by atoms with Crippen LogP contribution in [0.15, 0.2) is 71.6 Å². The zero-order valence-corrected chi connectivity index (χ0v) is 19.1. The highest BCUT2D eigenvalue weighted by molar-refractivity contribution is 7.89. The first-order chi connectivity index (χ1) is 14.9. The van der Waals surface area contributed by atoms with E-state index in [0.717, 1.165) is 49.9 Å². The number of benzene rings is 3. The fourth-order valence-corrected chi connectivity index (χ4v) is 5.47. The van der Waals surface area contributed by atoms with Crippen molar-refractivity contribution in [2.24, 2.45) is 0 Å². The molecule has 1 N–H and O–H groups in total. The van der Waals surface area contributed by atoms with E-state index in [2.05, 4.69) is 45.7 Å². The molecule has 1 aliphatic heterocycles. The molecule has 1 heterocycles. The van der Waals surface area contributed by atoms with Gasteiger partial charge in [0, 0.05) is 37.9 Å². The summed E-state index contributed by atoms with van der Waals surface area (Å²) in [5.74, 6) is 0. The molecule has 0 aliphatic carbocycles. The summed E-state index contributed by atoms with van der Waals surface area (Å²) in [5, 5.41) is 1.98. The average molecular weight is 438 g/mol. The number of nitrogens with zero attached hydrogens (tertiary/aromatic N) is 2. The molecule has 0 bridgehead atoms. The number of hydrogen-bond acceptors (Lipinski definition) is 4. The molecule has 6 heteroatoms. The third-order valence-electron chi connectivity index (χ3n) is 6.01. The van der Waals surface area contributed by atoms with Crippen LogP contribution in [0.4, 0.5) is 5.69 Å². The molecule has 0 radical (unpaired) electrons. The van der Waals surface area contributed by atoms with Crippen LogP contribution in [-0.2, 0) is 10.0 Å². The summed E-state index contributed by atoms with van der Waals surface area (Å²) in [6.07, 6.45) is 0.789. The smallest absolute Gasteiger partial charge is 0.240 e. The average Bonchev–Trinajstić information content (AvgIpc) is 2.77. The Morgan fingerprint density at radius 1 is 0.903 bits per heavy atom. The molecule has 1 aliphatic rings. The maximum absolute atomic E-state index is 12.8. The van der Waals surface area contributed by atoms with Crippen molar-refractivity contribution in [2.75, 3.05) is 37.6 Å². The SMILES string of the molecule is Cc1cccc(N2CCN(CCC(C)NS(=O)(=O)c3ccc4ccccc4c3)CC2)c1. The number of aryl methyl sites for hydroxylation is 1. The van der Waals surface area contributed by atoms with Crippen LogP contribution in [0, 0.1) is 6.92 Å². The second-order valence-electron chi connectivity index (χ2n) is 8.49. The topological polar surface area (TPSA) is 52.6 Å². The summed E-state index contributed by atoms with van der Waals surface area (Å²) >= 11 is 0. The van der Waals surface area contributed by atoms with E-state index in [-0.39, 0.29) is 6.04 Å². The van der Waals surface area contributed by atoms with Crippen molar-refractivity contribution in [3.63, 3.8) is 0 Å². The first-order valence-electron chi connectivity index (χ1n) is 11.0. The zero-order chi connectivity index (χ0) is 21.8. The normalized spacial score (nSPS) is 16.5. The number of rotatable bonds is 7. The number of anilines is 1. The second kappa shape index (κ2) is 9.39. The Morgan fingerprint density at radius 3 is 2.39 bits per heavy atom. The van der Waals surface area contributed by atoms with Crippen LogP contribution < -0.4 is 9.62 Å². The molecule has 0 spiro atoms. The highest BCUT2D eigenvalue weighted by Gasteiger charge is 2.20. The van der Waals surface area contributed by atoms with Crippen molar-refractivity contribution in [3.05, 3.63) is 72.3 Å². The van der Waals surface area contributed by atoms with Gasteiger partial charge in [-0.1, -0.05) is 42.5 Å². The summed E-state index contributed by atoms with van der Waals surface area (Å²) in [7, 11) is -3.53. The van der Waals surface area contributed by atoms with Gasteiger partial charge in [-0.2, -0.15) is 0 Å². The van der Waals surface area contributed by atoms with Gasteiger partial charge in [-0.3, -0.25) is 4.90 Å². The van der Waals surface area contributed by atoms with Gasteiger partial charge in [0.15, 0.2) is 0 Å². The van der Waals surface area contributed by atoms with E-state index < -0.39 is 10.0 Å². The van der Waals surface area contributed by atoms with Crippen molar-refractivity contribution < 1.29 is 8.42 Å². The van der Waals surface area contributed by atoms with Gasteiger partial charge in [-0.15, -0.1) is 0 Å². The highest BCUT2D eigenvalue weighted by Crippen LogP contribution is 2.20. The third kappa shape index (κ3) is 5.45. The van der Waals surface area contributed by atoms with E-state index >= 15 is 0 Å². The van der Waals surface area contributed by atoms with Gasteiger partial charge in [-0.05, 0) is 67.4 Å². The molecule has 164 valence electrons. The summed E-state index contributed by atoms with van der Waals surface area (Å²) in [5.41, 5.74) is 2.57. The Morgan fingerprint density at radius 2 is 1.65 bits per heavy atom. The molecular formula is C25H31N3O2S. The van der Waals surface area contributed by atoms with E-state index in [1.807, 2.05) is 37.3 Å². The fourth-order valence-electron chi connectivity index (χ4n) is 4.16. The van der Waals surface area contributed by atoms with Crippen molar-refractivity contribution >= 4 is 26.5 Å². The molecule has 0 saturated carbocycles. The summed E-state index contributed by atoms with van der Waals surface area (Å²) < 4.78 is 28.5. The minimum atomic E-state index is -3.53. The zero-order valence-electron chi connectivity index (χ0n) is 18.3. The quantitative estimate of drug-likeness (QED) is 0.606. The minimum absolute atomic E-state index is 0.119. The largest absolute Gasteiger partial charge is 0.369 e. The lowest BCUT2D eigenvalue weighted by atomic mass is 10.1. The molecule has 5 nitrogen and oxygen atoms in total. The maximum atomic E-state index is 12.8. The number of hydrogen-bond donors (Lipinski definition) is 1. The third-order valence-corrected chi connectivity index (χ3v) is 7.59. The Labute approximate surface area is 185 Å². The lowest BCUT2D eigenvalue weighted by Crippen LogP contribution is -2.47. The van der Waals surface area contributed by atoms with Crippen LogP contribution >= 0.6 is 0 Å². The molecule has 3 aromatic carbocycles. The van der Waals surface area contributed by atoms with Crippen LogP contribution in [-0.4, -0.2) is 52.1 Å². The molecule has 0 amide bonds. The maximum Gasteiger partial charge on any atom is 0.240 e. The molecule has 1 fully saturated rings. The van der Waals surface area contributed by atoms with Crippen molar-refractivity contribution in [2.45, 2.75) is 31.2 Å². The lowest BCUT2D eigenvalue weighted by molar-refractivity contribution is 0.248. The van der Waals surface area contributed by atoms with Crippen LogP contribution in [0.2, 0.25) is 0 Å². The van der Waals surface area contributed by atoms with Gasteiger partial charge in [0.2, 0.25) is 10.0 Å². The molecule has 1 atom stereocenters. The lowest BCUT2D eigenvalue weighted by Gasteiger charge is -2.36. The second-order valence-corrected chi connectivity index (χ2v) is 10.2. The van der Waals surface area contributed by atoms with Crippen molar-refractivity contribution in [1.82, 2.24) is 9.62 Å². The highest BCUT2D eigenvalue weighted by atomic mass is 32.2. The molecular weight excluding hydrogens is 406 g/mol. The van der Waals surface area contributed by atoms with Crippen LogP contribution in [0.1, 0.15) is 18.9 Å². The predicted octanol–water partition coefficient (Wildman–Crippen LogP) is 4.03. The Hall–Kier alpha value is -2.41. The van der Waals surface area contributed by atoms with E-state index in [1.165, 1.54) is 11.3 Å². The van der Waals surface area contributed by atoms with Gasteiger partial charge < -0.3 is 4.90 Å².